The maximum atomic E-state index is 12.7. The van der Waals surface area contributed by atoms with Crippen LogP contribution in [0.4, 0.5) is 5.69 Å². The molecule has 0 radical (unpaired) electrons. The Morgan fingerprint density at radius 2 is 1.76 bits per heavy atom. The minimum atomic E-state index is -0.777. The van der Waals surface area contributed by atoms with Gasteiger partial charge in [-0.1, -0.05) is 18.2 Å². The molecule has 2 N–H and O–H groups in total. The molecular formula is C27H31N5O5. The first-order valence-corrected chi connectivity index (χ1v) is 12.0. The fraction of sp³-hybridized carbons (Fsp3) is 0.333. The number of anilines is 1. The minimum Gasteiger partial charge on any atom is -0.496 e. The number of aromatic nitrogens is 1. The van der Waals surface area contributed by atoms with Gasteiger partial charge in [0.2, 0.25) is 0 Å². The van der Waals surface area contributed by atoms with Crippen molar-refractivity contribution in [3.8, 4) is 17.1 Å². The number of hydrogen-bond acceptors (Lipinski definition) is 7. The SMILES string of the molecule is COc1cc(NC(=O)C(=O)NC(C)(C)CN2CCN(C(=O)c3ccccc3)CC2)ccc1-c1cnco1. The summed E-state index contributed by atoms with van der Waals surface area (Å²) in [6.45, 7) is 6.85. The second-order valence-corrected chi connectivity index (χ2v) is 9.51. The largest absolute Gasteiger partial charge is 0.496 e. The van der Waals surface area contributed by atoms with E-state index in [1.54, 1.807) is 24.4 Å². The number of ether oxygens (including phenoxy) is 1. The highest BCUT2D eigenvalue weighted by Gasteiger charge is 2.30. The molecule has 194 valence electrons. The highest BCUT2D eigenvalue weighted by Crippen LogP contribution is 2.32. The van der Waals surface area contributed by atoms with Crippen molar-refractivity contribution in [3.63, 3.8) is 0 Å². The van der Waals surface area contributed by atoms with Gasteiger partial charge >= 0.3 is 11.8 Å². The van der Waals surface area contributed by atoms with Gasteiger partial charge in [0.15, 0.2) is 12.2 Å². The third-order valence-corrected chi connectivity index (χ3v) is 6.11. The fourth-order valence-corrected chi connectivity index (χ4v) is 4.34. The summed E-state index contributed by atoms with van der Waals surface area (Å²) >= 11 is 0. The van der Waals surface area contributed by atoms with Gasteiger partial charge in [-0.05, 0) is 38.1 Å². The molecule has 1 aliphatic heterocycles. The second kappa shape index (κ2) is 11.3. The van der Waals surface area contributed by atoms with Crippen LogP contribution in [0.3, 0.4) is 0 Å². The standard InChI is InChI=1S/C27H31N5O5/c1-27(2,17-31-11-13-32(14-12-31)26(35)19-7-5-4-6-8-19)30-25(34)24(33)29-20-9-10-21(22(15-20)36-3)23-16-28-18-37-23/h4-10,15-16,18H,11-14,17H2,1-3H3,(H,29,33)(H,30,34). The number of oxazole rings is 1. The van der Waals surface area contributed by atoms with Gasteiger partial charge in [-0.3, -0.25) is 19.3 Å². The topological polar surface area (TPSA) is 117 Å². The third-order valence-electron chi connectivity index (χ3n) is 6.11. The van der Waals surface area contributed by atoms with Gasteiger partial charge in [0.1, 0.15) is 5.75 Å². The van der Waals surface area contributed by atoms with Crippen LogP contribution in [0.25, 0.3) is 11.3 Å². The third kappa shape index (κ3) is 6.53. The zero-order valence-corrected chi connectivity index (χ0v) is 21.2. The number of methoxy groups -OCH3 is 1. The van der Waals surface area contributed by atoms with Gasteiger partial charge in [-0.15, -0.1) is 0 Å². The van der Waals surface area contributed by atoms with E-state index in [2.05, 4.69) is 20.5 Å². The zero-order chi connectivity index (χ0) is 26.4. The number of carbonyl (C=O) groups is 3. The quantitative estimate of drug-likeness (QED) is 0.474. The molecule has 10 nitrogen and oxygen atoms in total. The van der Waals surface area contributed by atoms with Crippen LogP contribution < -0.4 is 15.4 Å². The molecular weight excluding hydrogens is 474 g/mol. The van der Waals surface area contributed by atoms with Crippen LogP contribution in [0.1, 0.15) is 24.2 Å². The monoisotopic (exact) mass is 505 g/mol. The van der Waals surface area contributed by atoms with E-state index in [4.69, 9.17) is 9.15 Å². The summed E-state index contributed by atoms with van der Waals surface area (Å²) in [5.41, 5.74) is 1.11. The van der Waals surface area contributed by atoms with E-state index in [1.165, 1.54) is 13.5 Å². The smallest absolute Gasteiger partial charge is 0.313 e. The number of piperazine rings is 1. The number of nitrogens with zero attached hydrogens (tertiary/aromatic N) is 3. The minimum absolute atomic E-state index is 0.0231. The Hall–Kier alpha value is -4.18. The van der Waals surface area contributed by atoms with Crippen molar-refractivity contribution in [2.24, 2.45) is 0 Å². The molecule has 1 aromatic heterocycles. The number of benzene rings is 2. The molecule has 10 heteroatoms. The number of hydrogen-bond donors (Lipinski definition) is 2. The highest BCUT2D eigenvalue weighted by molar-refractivity contribution is 6.39. The first-order valence-electron chi connectivity index (χ1n) is 12.0. The van der Waals surface area contributed by atoms with Crippen molar-refractivity contribution >= 4 is 23.4 Å². The van der Waals surface area contributed by atoms with Crippen LogP contribution in [0, 0.1) is 0 Å². The predicted octanol–water partition coefficient (Wildman–Crippen LogP) is 2.64. The maximum absolute atomic E-state index is 12.7. The second-order valence-electron chi connectivity index (χ2n) is 9.51. The van der Waals surface area contributed by atoms with E-state index in [0.717, 1.165) is 0 Å². The molecule has 0 atom stereocenters. The van der Waals surface area contributed by atoms with E-state index < -0.39 is 17.4 Å². The van der Waals surface area contributed by atoms with E-state index in [-0.39, 0.29) is 5.91 Å². The molecule has 2 aromatic carbocycles. The lowest BCUT2D eigenvalue weighted by Gasteiger charge is -2.39. The summed E-state index contributed by atoms with van der Waals surface area (Å²) in [6, 6.07) is 14.2. The molecule has 1 fully saturated rings. The number of nitrogens with one attached hydrogen (secondary N) is 2. The molecule has 2 heterocycles. The van der Waals surface area contributed by atoms with E-state index in [1.807, 2.05) is 49.1 Å². The average Bonchev–Trinajstić information content (AvgIpc) is 3.43. The Morgan fingerprint density at radius 3 is 2.41 bits per heavy atom. The molecule has 1 saturated heterocycles. The van der Waals surface area contributed by atoms with Crippen LogP contribution in [0.15, 0.2) is 65.5 Å². The Labute approximate surface area is 215 Å². The average molecular weight is 506 g/mol. The molecule has 0 spiro atoms. The molecule has 1 aliphatic rings. The van der Waals surface area contributed by atoms with Crippen LogP contribution in [0.2, 0.25) is 0 Å². The van der Waals surface area contributed by atoms with Gasteiger partial charge in [-0.25, -0.2) is 4.98 Å². The molecule has 0 unspecified atom stereocenters. The summed E-state index contributed by atoms with van der Waals surface area (Å²) in [5.74, 6) is -0.489. The van der Waals surface area contributed by atoms with Crippen LogP contribution in [-0.2, 0) is 9.59 Å². The van der Waals surface area contributed by atoms with Crippen LogP contribution >= 0.6 is 0 Å². The van der Waals surface area contributed by atoms with Crippen LogP contribution in [-0.4, -0.2) is 77.9 Å². The van der Waals surface area contributed by atoms with Crippen molar-refractivity contribution in [3.05, 3.63) is 66.7 Å². The van der Waals surface area contributed by atoms with Crippen molar-refractivity contribution < 1.29 is 23.5 Å². The van der Waals surface area contributed by atoms with Crippen molar-refractivity contribution in [2.45, 2.75) is 19.4 Å². The Bertz CT molecular complexity index is 1240. The first-order chi connectivity index (χ1) is 17.8. The lowest BCUT2D eigenvalue weighted by atomic mass is 10.0. The van der Waals surface area contributed by atoms with Gasteiger partial charge in [0.25, 0.3) is 5.91 Å². The van der Waals surface area contributed by atoms with Gasteiger partial charge < -0.3 is 24.7 Å². The summed E-state index contributed by atoms with van der Waals surface area (Å²) in [4.78, 5) is 45.9. The summed E-state index contributed by atoms with van der Waals surface area (Å²) < 4.78 is 10.7. The normalized spacial score (nSPS) is 14.2. The predicted molar refractivity (Wildman–Crippen MR) is 138 cm³/mol. The fourth-order valence-electron chi connectivity index (χ4n) is 4.34. The van der Waals surface area contributed by atoms with Crippen LogP contribution in [0.5, 0.6) is 5.75 Å². The number of carbonyl (C=O) groups excluding carboxylic acids is 3. The molecule has 0 saturated carbocycles. The van der Waals surface area contributed by atoms with Crippen molar-refractivity contribution in [2.75, 3.05) is 45.2 Å². The molecule has 3 amide bonds. The maximum Gasteiger partial charge on any atom is 0.313 e. The lowest BCUT2D eigenvalue weighted by molar-refractivity contribution is -0.137. The first kappa shape index (κ1) is 25.9. The van der Waals surface area contributed by atoms with Gasteiger partial charge in [0.05, 0.1) is 18.9 Å². The lowest BCUT2D eigenvalue weighted by Crippen LogP contribution is -2.57. The van der Waals surface area contributed by atoms with E-state index >= 15 is 0 Å². The molecule has 37 heavy (non-hydrogen) atoms. The van der Waals surface area contributed by atoms with E-state index in [0.29, 0.717) is 61.0 Å². The van der Waals surface area contributed by atoms with Crippen molar-refractivity contribution in [1.29, 1.82) is 0 Å². The summed E-state index contributed by atoms with van der Waals surface area (Å²) in [5, 5.41) is 5.43. The summed E-state index contributed by atoms with van der Waals surface area (Å²) in [7, 11) is 1.51. The molecule has 4 rings (SSSR count). The Morgan fingerprint density at radius 1 is 1.03 bits per heavy atom. The Kier molecular flexibility index (Phi) is 7.88. The van der Waals surface area contributed by atoms with Gasteiger partial charge in [0, 0.05) is 55.6 Å². The summed E-state index contributed by atoms with van der Waals surface area (Å²) in [6.07, 6.45) is 2.88. The zero-order valence-electron chi connectivity index (χ0n) is 21.2. The number of amides is 3. The number of rotatable bonds is 7. The van der Waals surface area contributed by atoms with E-state index in [9.17, 15) is 14.4 Å². The molecule has 0 aliphatic carbocycles. The molecule has 3 aromatic rings. The van der Waals surface area contributed by atoms with Crippen molar-refractivity contribution in [1.82, 2.24) is 20.1 Å². The van der Waals surface area contributed by atoms with Gasteiger partial charge in [-0.2, -0.15) is 0 Å². The Balaban J connectivity index is 1.28. The molecule has 0 bridgehead atoms. The highest BCUT2D eigenvalue weighted by atomic mass is 16.5.